The minimum atomic E-state index is 0. The molecular weight excluding hydrogens is 308 g/mol. The Morgan fingerprint density at radius 1 is 1.73 bits per heavy atom. The molecule has 11 heavy (non-hydrogen) atoms. The van der Waals surface area contributed by atoms with Crippen LogP contribution in [0.4, 0.5) is 0 Å². The zero-order valence-electron chi connectivity index (χ0n) is 6.26. The molecule has 0 aliphatic heterocycles. The van der Waals surface area contributed by atoms with Crippen LogP contribution in [-0.4, -0.2) is 5.78 Å². The van der Waals surface area contributed by atoms with Gasteiger partial charge in [0.1, 0.15) is 0 Å². The number of carbonyl (C=O) groups excluding carboxylic acids is 1. The number of hydrogen-bond acceptors (Lipinski definition) is 1. The Hall–Kier alpha value is -0.422. The predicted molar refractivity (Wildman–Crippen MR) is 39.0 cm³/mol. The van der Waals surface area contributed by atoms with E-state index in [4.69, 9.17) is 0 Å². The van der Waals surface area contributed by atoms with E-state index in [0.29, 0.717) is 12.0 Å². The van der Waals surface area contributed by atoms with Gasteiger partial charge in [0, 0.05) is 0 Å². The molecule has 0 amide bonds. The van der Waals surface area contributed by atoms with Crippen LogP contribution in [0.5, 0.6) is 0 Å². The molecule has 0 fully saturated rings. The predicted octanol–water partition coefficient (Wildman–Crippen LogP) is 1.62. The van der Waals surface area contributed by atoms with E-state index in [1.807, 2.05) is 0 Å². The summed E-state index contributed by atoms with van der Waals surface area (Å²) in [6.07, 6.45) is 11.4. The second kappa shape index (κ2) is 5.26. The van der Waals surface area contributed by atoms with E-state index < -0.39 is 0 Å². The molecule has 0 aromatic heterocycles. The van der Waals surface area contributed by atoms with E-state index in [2.05, 4.69) is 12.2 Å². The molecule has 0 aromatic rings. The molecule has 2 heteroatoms. The largest absolute Gasteiger partial charge is 2.00 e. The van der Waals surface area contributed by atoms with Gasteiger partial charge in [0.05, 0.1) is 0 Å². The van der Waals surface area contributed by atoms with Crippen LogP contribution in [-0.2, 0) is 25.9 Å². The summed E-state index contributed by atoms with van der Waals surface area (Å²) in [5.41, 5.74) is 0.630. The molecule has 0 saturated carbocycles. The quantitative estimate of drug-likeness (QED) is 0.672. The van der Waals surface area contributed by atoms with Crippen molar-refractivity contribution in [3.63, 3.8) is 0 Å². The maximum absolute atomic E-state index is 11.0. The monoisotopic (exact) mass is 316 g/mol. The van der Waals surface area contributed by atoms with E-state index in [9.17, 15) is 4.79 Å². The van der Waals surface area contributed by atoms with Gasteiger partial charge in [-0.1, -0.05) is 6.42 Å². The van der Waals surface area contributed by atoms with Crippen LogP contribution in [0.25, 0.3) is 0 Å². The van der Waals surface area contributed by atoms with Crippen LogP contribution in [0.15, 0.2) is 23.8 Å². The molecule has 1 rings (SSSR count). The third-order valence-electron chi connectivity index (χ3n) is 1.25. The molecule has 0 spiro atoms. The second-order valence-electron chi connectivity index (χ2n) is 2.02. The van der Waals surface area contributed by atoms with Crippen molar-refractivity contribution < 1.29 is 25.9 Å². The van der Waals surface area contributed by atoms with Crippen LogP contribution in [0.1, 0.15) is 13.3 Å². The van der Waals surface area contributed by atoms with E-state index in [1.165, 1.54) is 0 Å². The topological polar surface area (TPSA) is 17.1 Å². The Bertz CT molecular complexity index is 224. The summed E-state index contributed by atoms with van der Waals surface area (Å²) in [5.74, 6) is 0.122. The molecule has 0 N–H and O–H groups in total. The molecule has 1 aliphatic carbocycles. The molecule has 0 radical (unpaired) electrons. The average molecular weight is 316 g/mol. The van der Waals surface area contributed by atoms with Gasteiger partial charge in [-0.25, -0.2) is 6.08 Å². The van der Waals surface area contributed by atoms with E-state index in [-0.39, 0.29) is 26.8 Å². The Balaban J connectivity index is 0.000001000. The smallest absolute Gasteiger partial charge is 0.373 e. The maximum atomic E-state index is 11.0. The third-order valence-corrected chi connectivity index (χ3v) is 1.25. The molecule has 0 aromatic carbocycles. The van der Waals surface area contributed by atoms with Gasteiger partial charge in [0.25, 0.3) is 0 Å². The van der Waals surface area contributed by atoms with Gasteiger partial charge < -0.3 is 16.9 Å². The molecule has 0 unspecified atom stereocenters. The molecule has 0 bridgehead atoms. The Kier molecular flexibility index (Phi) is 5.06. The van der Waals surface area contributed by atoms with Crippen molar-refractivity contribution in [3.05, 3.63) is 36.0 Å². The summed E-state index contributed by atoms with van der Waals surface area (Å²) in [6, 6.07) is 0. The first kappa shape index (κ1) is 10.6. The first-order valence-corrected chi connectivity index (χ1v) is 3.17. The van der Waals surface area contributed by atoms with Gasteiger partial charge in [-0.2, -0.15) is 12.2 Å². The summed E-state index contributed by atoms with van der Waals surface area (Å²) in [4.78, 5) is 11.0. The van der Waals surface area contributed by atoms with Gasteiger partial charge in [-0.15, -0.1) is 6.92 Å². The molecule has 0 heterocycles. The normalized spacial score (nSPS) is 16.5. The SMILES string of the molecule is C[C-]=CC1=[C-]C=CCC1=O.[W+2]. The van der Waals surface area contributed by atoms with Gasteiger partial charge >= 0.3 is 21.1 Å². The molecule has 0 saturated heterocycles. The molecular formula is C9H8OW. The molecule has 0 atom stereocenters. The van der Waals surface area contributed by atoms with Crippen LogP contribution in [0.2, 0.25) is 0 Å². The molecule has 56 valence electrons. The fourth-order valence-electron chi connectivity index (χ4n) is 0.772. The van der Waals surface area contributed by atoms with Crippen LogP contribution >= 0.6 is 0 Å². The Labute approximate surface area is 81.1 Å². The standard InChI is InChI=1S/C9H8O.W/c1-2-5-8-6-3-4-7-9(8)10;/h3-5H,7H2,1H3;/q-2;+2. The van der Waals surface area contributed by atoms with Crippen molar-refractivity contribution in [2.75, 3.05) is 0 Å². The Morgan fingerprint density at radius 2 is 2.45 bits per heavy atom. The zero-order chi connectivity index (χ0) is 7.40. The maximum Gasteiger partial charge on any atom is 2.00 e. The van der Waals surface area contributed by atoms with E-state index >= 15 is 0 Å². The summed E-state index contributed by atoms with van der Waals surface area (Å²) >= 11 is 0. The van der Waals surface area contributed by atoms with Crippen LogP contribution in [0.3, 0.4) is 0 Å². The number of allylic oxidation sites excluding steroid dienone is 6. The minimum absolute atomic E-state index is 0. The molecule has 1 aliphatic rings. The summed E-state index contributed by atoms with van der Waals surface area (Å²) in [6.45, 7) is 1.76. The van der Waals surface area contributed by atoms with Gasteiger partial charge in [0.15, 0.2) is 0 Å². The van der Waals surface area contributed by atoms with E-state index in [1.54, 1.807) is 25.2 Å². The van der Waals surface area contributed by atoms with Crippen molar-refractivity contribution >= 4 is 5.78 Å². The number of Topliss-reactive ketones (excluding diaryl/α,β-unsaturated/α-hetero) is 1. The van der Waals surface area contributed by atoms with Gasteiger partial charge in [0.2, 0.25) is 0 Å². The second-order valence-corrected chi connectivity index (χ2v) is 2.02. The summed E-state index contributed by atoms with van der Waals surface area (Å²) in [7, 11) is 0. The first-order chi connectivity index (χ1) is 4.84. The number of carbonyl (C=O) groups is 1. The fourth-order valence-corrected chi connectivity index (χ4v) is 0.772. The summed E-state index contributed by atoms with van der Waals surface area (Å²) < 4.78 is 0. The van der Waals surface area contributed by atoms with Crippen molar-refractivity contribution in [2.45, 2.75) is 13.3 Å². The average Bonchev–Trinajstić information content (AvgIpc) is 1.94. The van der Waals surface area contributed by atoms with Crippen molar-refractivity contribution in [1.29, 1.82) is 0 Å². The number of ketones is 1. The van der Waals surface area contributed by atoms with Crippen molar-refractivity contribution in [2.24, 2.45) is 0 Å². The molecule has 1 nitrogen and oxygen atoms in total. The fraction of sp³-hybridized carbons (Fsp3) is 0.222. The van der Waals surface area contributed by atoms with E-state index in [0.717, 1.165) is 0 Å². The number of rotatable bonds is 1. The summed E-state index contributed by atoms with van der Waals surface area (Å²) in [5, 5.41) is 0. The van der Waals surface area contributed by atoms with Crippen molar-refractivity contribution in [1.82, 2.24) is 0 Å². The van der Waals surface area contributed by atoms with Crippen LogP contribution in [0, 0.1) is 12.2 Å². The van der Waals surface area contributed by atoms with Crippen molar-refractivity contribution in [3.8, 4) is 0 Å². The first-order valence-electron chi connectivity index (χ1n) is 3.17. The Morgan fingerprint density at radius 3 is 3.00 bits per heavy atom. The minimum Gasteiger partial charge on any atom is -0.373 e. The van der Waals surface area contributed by atoms with Gasteiger partial charge in [-0.3, -0.25) is 5.57 Å². The zero-order valence-corrected chi connectivity index (χ0v) is 9.19. The number of hydrogen-bond donors (Lipinski definition) is 0. The van der Waals surface area contributed by atoms with Crippen LogP contribution < -0.4 is 0 Å². The van der Waals surface area contributed by atoms with Gasteiger partial charge in [-0.05, 0) is 5.78 Å². The third kappa shape index (κ3) is 2.98.